The van der Waals surface area contributed by atoms with Crippen LogP contribution in [0.2, 0.25) is 0 Å². The maximum Gasteiger partial charge on any atom is 0.194 e. The first kappa shape index (κ1) is 14.2. The Morgan fingerprint density at radius 2 is 1.82 bits per heavy atom. The monoisotopic (exact) mass is 319 g/mol. The number of hydrogen-bond donors (Lipinski definition) is 1. The standard InChI is InChI=1S/C11H14BrNO3S/c1-3-11(12,17(2,15)16)10(14)8-4-6-9(13)7-5-8/h4-7H,3,13H2,1-2H3. The normalized spacial score (nSPS) is 15.2. The van der Waals surface area contributed by atoms with Gasteiger partial charge in [0.1, 0.15) is 0 Å². The zero-order valence-corrected chi connectivity index (χ0v) is 12.0. The number of sulfone groups is 1. The quantitative estimate of drug-likeness (QED) is 0.523. The van der Waals surface area contributed by atoms with Gasteiger partial charge in [-0.05, 0) is 30.7 Å². The molecule has 1 aromatic carbocycles. The molecule has 0 radical (unpaired) electrons. The second-order valence-electron chi connectivity index (χ2n) is 3.81. The van der Waals surface area contributed by atoms with Crippen molar-refractivity contribution in [3.63, 3.8) is 0 Å². The minimum absolute atomic E-state index is 0.162. The van der Waals surface area contributed by atoms with Crippen molar-refractivity contribution >= 4 is 37.2 Å². The number of halogens is 1. The van der Waals surface area contributed by atoms with Crippen LogP contribution in [-0.4, -0.2) is 24.1 Å². The summed E-state index contributed by atoms with van der Waals surface area (Å²) in [4.78, 5) is 12.2. The first-order valence-electron chi connectivity index (χ1n) is 5.01. The van der Waals surface area contributed by atoms with Crippen LogP contribution >= 0.6 is 15.9 Å². The molecule has 1 rings (SSSR count). The van der Waals surface area contributed by atoms with E-state index < -0.39 is 19.3 Å². The number of alkyl halides is 1. The van der Waals surface area contributed by atoms with E-state index >= 15 is 0 Å². The lowest BCUT2D eigenvalue weighted by atomic mass is 10.1. The van der Waals surface area contributed by atoms with Crippen LogP contribution < -0.4 is 5.73 Å². The molecule has 0 aliphatic heterocycles. The molecule has 1 aromatic rings. The molecular weight excluding hydrogens is 306 g/mol. The molecule has 0 aliphatic rings. The topological polar surface area (TPSA) is 77.2 Å². The van der Waals surface area contributed by atoms with Crippen LogP contribution in [0.25, 0.3) is 0 Å². The number of carbonyl (C=O) groups is 1. The molecule has 1 unspecified atom stereocenters. The van der Waals surface area contributed by atoms with Crippen molar-refractivity contribution in [1.82, 2.24) is 0 Å². The Labute approximate surface area is 109 Å². The average molecular weight is 320 g/mol. The van der Waals surface area contributed by atoms with Gasteiger partial charge in [0.2, 0.25) is 0 Å². The Balaban J connectivity index is 3.24. The maximum atomic E-state index is 12.2. The molecule has 0 fully saturated rings. The highest BCUT2D eigenvalue weighted by Crippen LogP contribution is 2.32. The van der Waals surface area contributed by atoms with Crippen molar-refractivity contribution in [2.45, 2.75) is 17.0 Å². The first-order chi connectivity index (χ1) is 7.72. The van der Waals surface area contributed by atoms with Gasteiger partial charge in [-0.2, -0.15) is 0 Å². The van der Waals surface area contributed by atoms with Crippen molar-refractivity contribution in [3.8, 4) is 0 Å². The molecule has 0 bridgehead atoms. The third-order valence-electron chi connectivity index (χ3n) is 2.55. The van der Waals surface area contributed by atoms with E-state index in [0.29, 0.717) is 11.3 Å². The molecule has 2 N–H and O–H groups in total. The highest BCUT2D eigenvalue weighted by atomic mass is 79.9. The van der Waals surface area contributed by atoms with E-state index in [-0.39, 0.29) is 6.42 Å². The maximum absolute atomic E-state index is 12.2. The minimum atomic E-state index is -3.54. The predicted octanol–water partition coefficient (Wildman–Crippen LogP) is 2.00. The van der Waals surface area contributed by atoms with Gasteiger partial charge in [0.15, 0.2) is 19.3 Å². The molecule has 0 spiro atoms. The Morgan fingerprint density at radius 1 is 1.35 bits per heavy atom. The molecule has 1 atom stereocenters. The van der Waals surface area contributed by atoms with Gasteiger partial charge < -0.3 is 5.73 Å². The van der Waals surface area contributed by atoms with Gasteiger partial charge in [-0.15, -0.1) is 0 Å². The molecule has 0 heterocycles. The van der Waals surface area contributed by atoms with Gasteiger partial charge in [0.05, 0.1) is 0 Å². The van der Waals surface area contributed by atoms with Crippen LogP contribution in [-0.2, 0) is 9.84 Å². The SMILES string of the molecule is CCC(Br)(C(=O)c1ccc(N)cc1)S(C)(=O)=O. The average Bonchev–Trinajstić information content (AvgIpc) is 2.26. The fourth-order valence-electron chi connectivity index (χ4n) is 1.44. The third kappa shape index (κ3) is 2.69. The number of anilines is 1. The van der Waals surface area contributed by atoms with Crippen LogP contribution in [0.15, 0.2) is 24.3 Å². The lowest BCUT2D eigenvalue weighted by Crippen LogP contribution is -2.39. The van der Waals surface area contributed by atoms with Crippen molar-refractivity contribution < 1.29 is 13.2 Å². The van der Waals surface area contributed by atoms with E-state index in [4.69, 9.17) is 5.73 Å². The molecule has 4 nitrogen and oxygen atoms in total. The number of nitrogen functional groups attached to an aromatic ring is 1. The molecular formula is C11H14BrNO3S. The van der Waals surface area contributed by atoms with Gasteiger partial charge >= 0.3 is 0 Å². The van der Waals surface area contributed by atoms with Gasteiger partial charge in [0.25, 0.3) is 0 Å². The van der Waals surface area contributed by atoms with Gasteiger partial charge in [-0.3, -0.25) is 4.79 Å². The zero-order chi connectivity index (χ0) is 13.3. The summed E-state index contributed by atoms with van der Waals surface area (Å²) in [6.45, 7) is 1.64. The number of rotatable bonds is 4. The Bertz CT molecular complexity index is 524. The molecule has 17 heavy (non-hydrogen) atoms. The smallest absolute Gasteiger partial charge is 0.194 e. The number of nitrogens with two attached hydrogens (primary N) is 1. The molecule has 6 heteroatoms. The van der Waals surface area contributed by atoms with E-state index in [0.717, 1.165) is 6.26 Å². The summed E-state index contributed by atoms with van der Waals surface area (Å²) in [6, 6.07) is 6.18. The Morgan fingerprint density at radius 3 is 2.18 bits per heavy atom. The van der Waals surface area contributed by atoms with E-state index in [1.54, 1.807) is 19.1 Å². The van der Waals surface area contributed by atoms with Crippen LogP contribution in [0, 0.1) is 0 Å². The van der Waals surface area contributed by atoms with E-state index in [1.807, 2.05) is 0 Å². The summed E-state index contributed by atoms with van der Waals surface area (Å²) in [5.74, 6) is -0.470. The number of carbonyl (C=O) groups excluding carboxylic acids is 1. The highest BCUT2D eigenvalue weighted by Gasteiger charge is 2.44. The van der Waals surface area contributed by atoms with Gasteiger partial charge in [-0.1, -0.05) is 22.9 Å². The zero-order valence-electron chi connectivity index (χ0n) is 9.60. The second kappa shape index (κ2) is 4.78. The van der Waals surface area contributed by atoms with Crippen molar-refractivity contribution in [1.29, 1.82) is 0 Å². The van der Waals surface area contributed by atoms with Crippen LogP contribution in [0.3, 0.4) is 0 Å². The predicted molar refractivity (Wildman–Crippen MR) is 72.0 cm³/mol. The summed E-state index contributed by atoms with van der Waals surface area (Å²) in [5, 5.41) is 0. The summed E-state index contributed by atoms with van der Waals surface area (Å²) in [5.41, 5.74) is 6.36. The van der Waals surface area contributed by atoms with Gasteiger partial charge in [-0.25, -0.2) is 8.42 Å². The molecule has 0 saturated heterocycles. The Hall–Kier alpha value is -0.880. The van der Waals surface area contributed by atoms with E-state index in [2.05, 4.69) is 15.9 Å². The fourth-order valence-corrected chi connectivity index (χ4v) is 2.65. The number of benzene rings is 1. The lowest BCUT2D eigenvalue weighted by molar-refractivity contribution is 0.0976. The van der Waals surface area contributed by atoms with Crippen LogP contribution in [0.4, 0.5) is 5.69 Å². The summed E-state index contributed by atoms with van der Waals surface area (Å²) in [7, 11) is -3.54. The lowest BCUT2D eigenvalue weighted by Gasteiger charge is -2.22. The molecule has 0 aromatic heterocycles. The largest absolute Gasteiger partial charge is 0.399 e. The van der Waals surface area contributed by atoms with Crippen molar-refractivity contribution in [2.24, 2.45) is 0 Å². The van der Waals surface area contributed by atoms with Crippen LogP contribution in [0.5, 0.6) is 0 Å². The third-order valence-corrected chi connectivity index (χ3v) is 6.89. The van der Waals surface area contributed by atoms with Gasteiger partial charge in [0, 0.05) is 17.5 Å². The number of hydrogen-bond acceptors (Lipinski definition) is 4. The Kier molecular flexibility index (Phi) is 3.99. The molecule has 94 valence electrons. The van der Waals surface area contributed by atoms with E-state index in [9.17, 15) is 13.2 Å². The van der Waals surface area contributed by atoms with Crippen molar-refractivity contribution in [2.75, 3.05) is 12.0 Å². The number of ketones is 1. The summed E-state index contributed by atoms with van der Waals surface area (Å²) in [6.07, 6.45) is 1.20. The molecule has 0 amide bonds. The fraction of sp³-hybridized carbons (Fsp3) is 0.364. The van der Waals surface area contributed by atoms with Crippen molar-refractivity contribution in [3.05, 3.63) is 29.8 Å². The van der Waals surface area contributed by atoms with E-state index in [1.165, 1.54) is 12.1 Å². The second-order valence-corrected chi connectivity index (χ2v) is 7.93. The molecule has 0 aliphatic carbocycles. The summed E-state index contributed by atoms with van der Waals surface area (Å²) < 4.78 is 21.8. The van der Waals surface area contributed by atoms with Crippen LogP contribution in [0.1, 0.15) is 23.7 Å². The summed E-state index contributed by atoms with van der Waals surface area (Å²) >= 11 is 3.06. The molecule has 0 saturated carbocycles. The minimum Gasteiger partial charge on any atom is -0.399 e. The first-order valence-corrected chi connectivity index (χ1v) is 7.69. The number of Topliss-reactive ketones (excluding diaryl/α,β-unsaturated/α-hetero) is 1. The highest BCUT2D eigenvalue weighted by molar-refractivity contribution is 9.12.